The first kappa shape index (κ1) is 15.5. The van der Waals surface area contributed by atoms with E-state index in [-0.39, 0.29) is 13.1 Å². The van der Waals surface area contributed by atoms with Gasteiger partial charge in [-0.2, -0.15) is 13.2 Å². The van der Waals surface area contributed by atoms with Gasteiger partial charge in [-0.1, -0.05) is 12.6 Å². The molecule has 1 saturated heterocycles. The Morgan fingerprint density at radius 3 is 2.43 bits per heavy atom. The molecule has 2 rings (SSSR count). The molecule has 21 heavy (non-hydrogen) atoms. The van der Waals surface area contributed by atoms with Crippen molar-refractivity contribution < 1.29 is 18.0 Å². The van der Waals surface area contributed by atoms with E-state index in [2.05, 4.69) is 16.5 Å². The summed E-state index contributed by atoms with van der Waals surface area (Å²) >= 11 is 0. The minimum Gasteiger partial charge on any atom is -0.336 e. The second kappa shape index (κ2) is 6.26. The van der Waals surface area contributed by atoms with Crippen LogP contribution in [0.1, 0.15) is 5.69 Å². The summed E-state index contributed by atoms with van der Waals surface area (Å²) in [5.41, 5.74) is -0.405. The quantitative estimate of drug-likeness (QED) is 0.799. The molecule has 114 valence electrons. The highest BCUT2D eigenvalue weighted by Crippen LogP contribution is 2.26. The summed E-state index contributed by atoms with van der Waals surface area (Å²) in [6, 6.07) is 5.60. The summed E-state index contributed by atoms with van der Waals surface area (Å²) in [4.78, 5) is 19.1. The van der Waals surface area contributed by atoms with Gasteiger partial charge in [0.15, 0.2) is 0 Å². The third-order valence-corrected chi connectivity index (χ3v) is 3.37. The lowest BCUT2D eigenvalue weighted by Gasteiger charge is -2.35. The monoisotopic (exact) mass is 299 g/mol. The lowest BCUT2D eigenvalue weighted by molar-refractivity contribution is -0.141. The topological polar surface area (TPSA) is 36.4 Å². The predicted molar refractivity (Wildman–Crippen MR) is 71.3 cm³/mol. The Morgan fingerprint density at radius 1 is 1.24 bits per heavy atom. The van der Waals surface area contributed by atoms with Crippen molar-refractivity contribution in [2.24, 2.45) is 0 Å². The molecule has 2 heterocycles. The Labute approximate surface area is 120 Å². The minimum absolute atomic E-state index is 0.265. The van der Waals surface area contributed by atoms with Crippen molar-refractivity contribution in [3.8, 4) is 0 Å². The van der Waals surface area contributed by atoms with Crippen molar-refractivity contribution in [2.75, 3.05) is 26.2 Å². The van der Waals surface area contributed by atoms with Crippen LogP contribution in [0.5, 0.6) is 0 Å². The molecule has 0 atom stereocenters. The molecule has 0 spiro atoms. The molecular weight excluding hydrogens is 283 g/mol. The van der Waals surface area contributed by atoms with Gasteiger partial charge in [0.25, 0.3) is 5.91 Å². The van der Waals surface area contributed by atoms with Gasteiger partial charge in [-0.05, 0) is 12.1 Å². The number of hydrogen-bond donors (Lipinski definition) is 0. The van der Waals surface area contributed by atoms with Crippen LogP contribution in [0.3, 0.4) is 0 Å². The van der Waals surface area contributed by atoms with Crippen molar-refractivity contribution in [1.29, 1.82) is 0 Å². The van der Waals surface area contributed by atoms with Gasteiger partial charge >= 0.3 is 6.18 Å². The number of amides is 1. The van der Waals surface area contributed by atoms with Crippen LogP contribution >= 0.6 is 0 Å². The fraction of sp³-hybridized carbons (Fsp3) is 0.429. The fourth-order valence-electron chi connectivity index (χ4n) is 2.14. The van der Waals surface area contributed by atoms with Gasteiger partial charge in [0, 0.05) is 38.9 Å². The van der Waals surface area contributed by atoms with E-state index in [1.54, 1.807) is 6.20 Å². The number of carbonyl (C=O) groups excluding carboxylic acids is 1. The van der Waals surface area contributed by atoms with Gasteiger partial charge in [-0.25, -0.2) is 0 Å². The average Bonchev–Trinajstić information content (AvgIpc) is 2.46. The Hall–Kier alpha value is -1.89. The van der Waals surface area contributed by atoms with Crippen LogP contribution in [0.15, 0.2) is 36.5 Å². The van der Waals surface area contributed by atoms with Gasteiger partial charge in [0.2, 0.25) is 0 Å². The number of aromatic nitrogens is 1. The number of nitrogens with zero attached hydrogens (tertiary/aromatic N) is 3. The molecule has 1 aliphatic heterocycles. The Balaban J connectivity index is 1.86. The Kier molecular flexibility index (Phi) is 4.62. The first-order valence-corrected chi connectivity index (χ1v) is 6.55. The standard InChI is InChI=1S/C14H16F3N3O/c1-11(14(15,16)17)13(21)20-8-6-19(7-9-20)10-12-4-2-3-5-18-12/h2-5H,1,6-10H2. The zero-order valence-corrected chi connectivity index (χ0v) is 11.4. The summed E-state index contributed by atoms with van der Waals surface area (Å²) < 4.78 is 37.4. The highest BCUT2D eigenvalue weighted by Gasteiger charge is 2.39. The number of halogens is 3. The Bertz CT molecular complexity index is 508. The maximum absolute atomic E-state index is 12.5. The number of pyridine rings is 1. The number of carbonyl (C=O) groups is 1. The molecule has 0 N–H and O–H groups in total. The normalized spacial score (nSPS) is 16.8. The van der Waals surface area contributed by atoms with Crippen LogP contribution in [0.4, 0.5) is 13.2 Å². The van der Waals surface area contributed by atoms with Gasteiger partial charge < -0.3 is 4.90 Å². The minimum atomic E-state index is -4.66. The fourth-order valence-corrected chi connectivity index (χ4v) is 2.14. The predicted octanol–water partition coefficient (Wildman–Crippen LogP) is 1.84. The zero-order chi connectivity index (χ0) is 15.5. The van der Waals surface area contributed by atoms with Gasteiger partial charge in [0.05, 0.1) is 5.69 Å². The van der Waals surface area contributed by atoms with E-state index in [0.29, 0.717) is 19.6 Å². The van der Waals surface area contributed by atoms with E-state index in [9.17, 15) is 18.0 Å². The van der Waals surface area contributed by atoms with E-state index in [4.69, 9.17) is 0 Å². The van der Waals surface area contributed by atoms with Crippen LogP contribution in [-0.4, -0.2) is 53.0 Å². The lowest BCUT2D eigenvalue weighted by Crippen LogP contribution is -2.49. The second-order valence-corrected chi connectivity index (χ2v) is 4.87. The van der Waals surface area contributed by atoms with E-state index in [1.807, 2.05) is 18.2 Å². The molecule has 1 aromatic heterocycles. The summed E-state index contributed by atoms with van der Waals surface area (Å²) in [5, 5.41) is 0. The Morgan fingerprint density at radius 2 is 1.90 bits per heavy atom. The first-order chi connectivity index (χ1) is 9.88. The molecule has 0 aliphatic carbocycles. The van der Waals surface area contributed by atoms with E-state index in [0.717, 1.165) is 5.69 Å². The smallest absolute Gasteiger partial charge is 0.336 e. The van der Waals surface area contributed by atoms with Crippen LogP contribution in [0.2, 0.25) is 0 Å². The summed E-state index contributed by atoms with van der Waals surface area (Å²) in [5.74, 6) is -1.03. The van der Waals surface area contributed by atoms with Crippen LogP contribution in [0.25, 0.3) is 0 Å². The maximum atomic E-state index is 12.5. The van der Waals surface area contributed by atoms with Crippen LogP contribution in [-0.2, 0) is 11.3 Å². The second-order valence-electron chi connectivity index (χ2n) is 4.87. The average molecular weight is 299 g/mol. The summed E-state index contributed by atoms with van der Waals surface area (Å²) in [7, 11) is 0. The molecule has 1 fully saturated rings. The number of hydrogen-bond acceptors (Lipinski definition) is 3. The first-order valence-electron chi connectivity index (χ1n) is 6.55. The molecule has 7 heteroatoms. The highest BCUT2D eigenvalue weighted by molar-refractivity contribution is 5.94. The van der Waals surface area contributed by atoms with E-state index >= 15 is 0 Å². The van der Waals surface area contributed by atoms with Gasteiger partial charge in [0.1, 0.15) is 5.57 Å². The summed E-state index contributed by atoms with van der Waals surface area (Å²) in [6.07, 6.45) is -2.97. The molecular formula is C14H16F3N3O. The van der Waals surface area contributed by atoms with Gasteiger partial charge in [-0.3, -0.25) is 14.7 Å². The SMILES string of the molecule is C=C(C(=O)N1CCN(Cc2ccccn2)CC1)C(F)(F)F. The van der Waals surface area contributed by atoms with Crippen molar-refractivity contribution in [2.45, 2.75) is 12.7 Å². The number of alkyl halides is 3. The molecule has 0 unspecified atom stereocenters. The van der Waals surface area contributed by atoms with Crippen LogP contribution < -0.4 is 0 Å². The third-order valence-electron chi connectivity index (χ3n) is 3.37. The van der Waals surface area contributed by atoms with Crippen molar-refractivity contribution in [1.82, 2.24) is 14.8 Å². The van der Waals surface area contributed by atoms with E-state index < -0.39 is 17.7 Å². The molecule has 0 radical (unpaired) electrons. The summed E-state index contributed by atoms with van der Waals surface area (Å²) in [6.45, 7) is 5.05. The molecule has 0 aromatic carbocycles. The number of piperazine rings is 1. The molecule has 0 saturated carbocycles. The number of rotatable bonds is 3. The lowest BCUT2D eigenvalue weighted by atomic mass is 10.2. The van der Waals surface area contributed by atoms with Crippen LogP contribution in [0, 0.1) is 0 Å². The van der Waals surface area contributed by atoms with Crippen molar-refractivity contribution in [3.05, 3.63) is 42.2 Å². The largest absolute Gasteiger partial charge is 0.421 e. The molecule has 1 aromatic rings. The molecule has 4 nitrogen and oxygen atoms in total. The van der Waals surface area contributed by atoms with Gasteiger partial charge in [-0.15, -0.1) is 0 Å². The third kappa shape index (κ3) is 4.04. The molecule has 1 aliphatic rings. The molecule has 1 amide bonds. The van der Waals surface area contributed by atoms with Crippen molar-refractivity contribution in [3.63, 3.8) is 0 Å². The van der Waals surface area contributed by atoms with Crippen molar-refractivity contribution >= 4 is 5.91 Å². The zero-order valence-electron chi connectivity index (χ0n) is 11.4. The maximum Gasteiger partial charge on any atom is 0.421 e. The van der Waals surface area contributed by atoms with E-state index in [1.165, 1.54) is 4.90 Å². The highest BCUT2D eigenvalue weighted by atomic mass is 19.4. The molecule has 0 bridgehead atoms.